The van der Waals surface area contributed by atoms with Gasteiger partial charge in [-0.1, -0.05) is 25.3 Å². The highest BCUT2D eigenvalue weighted by atomic mass is 16.2. The van der Waals surface area contributed by atoms with Gasteiger partial charge < -0.3 is 10.4 Å². The van der Waals surface area contributed by atoms with Crippen molar-refractivity contribution in [3.05, 3.63) is 42.1 Å². The summed E-state index contributed by atoms with van der Waals surface area (Å²) in [6.07, 6.45) is 11.0. The lowest BCUT2D eigenvalue weighted by atomic mass is 9.95. The molecule has 2 N–H and O–H groups in total. The van der Waals surface area contributed by atoms with E-state index >= 15 is 0 Å². The van der Waals surface area contributed by atoms with Crippen LogP contribution < -0.4 is 5.32 Å². The van der Waals surface area contributed by atoms with Crippen LogP contribution in [0.15, 0.2) is 30.9 Å². The van der Waals surface area contributed by atoms with Crippen LogP contribution >= 0.6 is 0 Å². The van der Waals surface area contributed by atoms with E-state index in [4.69, 9.17) is 5.11 Å². The third kappa shape index (κ3) is 4.39. The molecule has 0 aromatic carbocycles. The van der Waals surface area contributed by atoms with E-state index in [2.05, 4.69) is 15.3 Å². The summed E-state index contributed by atoms with van der Waals surface area (Å²) in [5, 5.41) is 10.1. The Kier molecular flexibility index (Phi) is 6.29. The summed E-state index contributed by atoms with van der Waals surface area (Å²) in [5.74, 6) is 0.647. The molecule has 1 amide bonds. The van der Waals surface area contributed by atoms with Crippen LogP contribution in [0.1, 0.15) is 49.6 Å². The van der Waals surface area contributed by atoms with Crippen LogP contribution in [0.5, 0.6) is 0 Å². The molecule has 6 nitrogen and oxygen atoms in total. The summed E-state index contributed by atoms with van der Waals surface area (Å²) < 4.78 is 1.80. The highest BCUT2D eigenvalue weighted by molar-refractivity contribution is 5.94. The van der Waals surface area contributed by atoms with Crippen LogP contribution in [-0.4, -0.2) is 38.7 Å². The number of nitrogens with zero attached hydrogens (tertiary/aromatic N) is 3. The summed E-state index contributed by atoms with van der Waals surface area (Å²) in [6, 6.07) is 4.12. The van der Waals surface area contributed by atoms with Gasteiger partial charge in [0.25, 0.3) is 5.91 Å². The van der Waals surface area contributed by atoms with Crippen molar-refractivity contribution in [1.29, 1.82) is 0 Å². The van der Waals surface area contributed by atoms with Gasteiger partial charge in [0, 0.05) is 27.0 Å². The predicted octanol–water partition coefficient (Wildman–Crippen LogP) is 2.49. The Morgan fingerprint density at radius 1 is 1.30 bits per heavy atom. The number of carbonyl (C=O) groups excluding carboxylic acids is 1. The zero-order valence-electron chi connectivity index (χ0n) is 13.7. The summed E-state index contributed by atoms with van der Waals surface area (Å²) in [4.78, 5) is 21.0. The SMILES string of the molecule is CO.Cc1ccc(-n2ccnc2)nc1C(=O)NC1CCCCC1.[HH]. The minimum absolute atomic E-state index is 0. The zero-order valence-corrected chi connectivity index (χ0v) is 13.7. The smallest absolute Gasteiger partial charge is 0.270 e. The first-order valence-electron chi connectivity index (χ1n) is 7.95. The summed E-state index contributed by atoms with van der Waals surface area (Å²) in [6.45, 7) is 1.92. The highest BCUT2D eigenvalue weighted by Gasteiger charge is 2.19. The molecule has 0 aliphatic heterocycles. The number of rotatable bonds is 3. The molecule has 0 unspecified atom stereocenters. The third-order valence-electron chi connectivity index (χ3n) is 4.01. The molecule has 0 atom stereocenters. The Bertz CT molecular complexity index is 626. The van der Waals surface area contributed by atoms with Gasteiger partial charge >= 0.3 is 0 Å². The van der Waals surface area contributed by atoms with Crippen molar-refractivity contribution in [2.24, 2.45) is 0 Å². The quantitative estimate of drug-likeness (QED) is 0.911. The van der Waals surface area contributed by atoms with E-state index in [9.17, 15) is 4.79 Å². The molecule has 0 radical (unpaired) electrons. The lowest BCUT2D eigenvalue weighted by molar-refractivity contribution is 0.0922. The first-order valence-corrected chi connectivity index (χ1v) is 7.95. The molecule has 3 rings (SSSR count). The van der Waals surface area contributed by atoms with E-state index in [0.717, 1.165) is 25.5 Å². The minimum atomic E-state index is -0.0682. The van der Waals surface area contributed by atoms with Crippen LogP contribution in [0.4, 0.5) is 0 Å². The maximum Gasteiger partial charge on any atom is 0.270 e. The first-order chi connectivity index (χ1) is 11.2. The van der Waals surface area contributed by atoms with Crippen LogP contribution in [0.3, 0.4) is 0 Å². The topological polar surface area (TPSA) is 80.0 Å². The number of hydrogen-bond donors (Lipinski definition) is 2. The average molecular weight is 318 g/mol. The lowest BCUT2D eigenvalue weighted by Crippen LogP contribution is -2.37. The van der Waals surface area contributed by atoms with Crippen LogP contribution in [0.2, 0.25) is 0 Å². The molecule has 1 fully saturated rings. The third-order valence-corrected chi connectivity index (χ3v) is 4.01. The monoisotopic (exact) mass is 318 g/mol. The van der Waals surface area contributed by atoms with E-state index in [1.165, 1.54) is 19.3 Å². The van der Waals surface area contributed by atoms with E-state index in [0.29, 0.717) is 17.6 Å². The van der Waals surface area contributed by atoms with Crippen molar-refractivity contribution in [3.63, 3.8) is 0 Å². The average Bonchev–Trinajstić information content (AvgIpc) is 3.12. The normalized spacial score (nSPS) is 14.7. The number of aliphatic hydroxyl groups excluding tert-OH is 1. The fraction of sp³-hybridized carbons (Fsp3) is 0.471. The molecular weight excluding hydrogens is 292 g/mol. The highest BCUT2D eigenvalue weighted by Crippen LogP contribution is 2.18. The second-order valence-electron chi connectivity index (χ2n) is 5.61. The molecular formula is C17H26N4O2. The first kappa shape index (κ1) is 17.1. The van der Waals surface area contributed by atoms with Crippen molar-refractivity contribution < 1.29 is 11.3 Å². The molecule has 1 aliphatic rings. The molecule has 1 saturated carbocycles. The minimum Gasteiger partial charge on any atom is -0.400 e. The lowest BCUT2D eigenvalue weighted by Gasteiger charge is -2.23. The number of aliphatic hydroxyl groups is 1. The number of imidazole rings is 1. The zero-order chi connectivity index (χ0) is 16.7. The number of carbonyl (C=O) groups is 1. The maximum atomic E-state index is 12.5. The predicted molar refractivity (Wildman–Crippen MR) is 90.7 cm³/mol. The molecule has 23 heavy (non-hydrogen) atoms. The fourth-order valence-electron chi connectivity index (χ4n) is 2.79. The largest absolute Gasteiger partial charge is 0.400 e. The number of hydrogen-bond acceptors (Lipinski definition) is 4. The van der Waals surface area contributed by atoms with Crippen LogP contribution in [0, 0.1) is 6.92 Å². The van der Waals surface area contributed by atoms with Gasteiger partial charge in [0.1, 0.15) is 17.8 Å². The van der Waals surface area contributed by atoms with E-state index < -0.39 is 0 Å². The fourth-order valence-corrected chi connectivity index (χ4v) is 2.79. The molecule has 0 bridgehead atoms. The standard InChI is InChI=1S/C16H20N4O.CH4O.H2/c1-12-7-8-14(20-10-9-17-11-20)19-15(12)16(21)18-13-5-3-2-4-6-13;1-2;/h7-11,13H,2-6H2,1H3,(H,18,21);2H,1H3;1H. The Labute approximate surface area is 138 Å². The number of amides is 1. The van der Waals surface area contributed by atoms with Gasteiger partial charge in [-0.15, -0.1) is 0 Å². The van der Waals surface area contributed by atoms with Gasteiger partial charge in [0.05, 0.1) is 0 Å². The summed E-state index contributed by atoms with van der Waals surface area (Å²) >= 11 is 0. The molecule has 2 heterocycles. The van der Waals surface area contributed by atoms with Crippen LogP contribution in [-0.2, 0) is 0 Å². The number of nitrogens with one attached hydrogen (secondary N) is 1. The van der Waals surface area contributed by atoms with E-state index in [1.807, 2.05) is 25.3 Å². The second-order valence-corrected chi connectivity index (χ2v) is 5.61. The molecule has 2 aromatic rings. The molecule has 126 valence electrons. The van der Waals surface area contributed by atoms with Gasteiger partial charge in [0.2, 0.25) is 0 Å². The van der Waals surface area contributed by atoms with Gasteiger partial charge in [-0.3, -0.25) is 9.36 Å². The van der Waals surface area contributed by atoms with Gasteiger partial charge in [0.15, 0.2) is 0 Å². The van der Waals surface area contributed by atoms with Gasteiger partial charge in [-0.2, -0.15) is 0 Å². The van der Waals surface area contributed by atoms with Gasteiger partial charge in [-0.05, 0) is 31.4 Å². The molecule has 0 saturated heterocycles. The van der Waals surface area contributed by atoms with Crippen LogP contribution in [0.25, 0.3) is 5.82 Å². The number of aromatic nitrogens is 3. The number of pyridine rings is 1. The Morgan fingerprint density at radius 2 is 2.04 bits per heavy atom. The van der Waals surface area contributed by atoms with Gasteiger partial charge in [-0.25, -0.2) is 9.97 Å². The van der Waals surface area contributed by atoms with Crippen molar-refractivity contribution in [2.45, 2.75) is 45.1 Å². The number of aryl methyl sites for hydroxylation is 1. The molecule has 1 aliphatic carbocycles. The molecule has 6 heteroatoms. The van der Waals surface area contributed by atoms with Crippen molar-refractivity contribution in [3.8, 4) is 5.82 Å². The van der Waals surface area contributed by atoms with Crippen molar-refractivity contribution in [1.82, 2.24) is 19.9 Å². The molecule has 0 spiro atoms. The van der Waals surface area contributed by atoms with E-state index in [-0.39, 0.29) is 7.33 Å². The summed E-state index contributed by atoms with van der Waals surface area (Å²) in [5.41, 5.74) is 1.40. The van der Waals surface area contributed by atoms with Crippen molar-refractivity contribution in [2.75, 3.05) is 7.11 Å². The summed E-state index contributed by atoms with van der Waals surface area (Å²) in [7, 11) is 1.00. The Hall–Kier alpha value is -2.21. The molecule has 2 aromatic heterocycles. The second kappa shape index (κ2) is 8.43. The Morgan fingerprint density at radius 3 is 2.70 bits per heavy atom. The Balaban J connectivity index is 0.000000925. The maximum absolute atomic E-state index is 12.5. The van der Waals surface area contributed by atoms with E-state index in [1.54, 1.807) is 17.1 Å². The van der Waals surface area contributed by atoms with Crippen molar-refractivity contribution >= 4 is 5.91 Å².